The van der Waals surface area contributed by atoms with Gasteiger partial charge in [0.25, 0.3) is 0 Å². The van der Waals surface area contributed by atoms with Gasteiger partial charge in [0.05, 0.1) is 18.5 Å². The van der Waals surface area contributed by atoms with E-state index in [1.165, 1.54) is 6.08 Å². The largest absolute Gasteiger partial charge is 0.349 e. The lowest BCUT2D eigenvalue weighted by Gasteiger charge is -2.32. The zero-order valence-corrected chi connectivity index (χ0v) is 16.8. The molecule has 0 saturated heterocycles. The smallest absolute Gasteiger partial charge is 0.248 e. The van der Waals surface area contributed by atoms with Crippen LogP contribution in [0.3, 0.4) is 0 Å². The van der Waals surface area contributed by atoms with Crippen LogP contribution in [0.1, 0.15) is 50.1 Å². The minimum Gasteiger partial charge on any atom is -0.349 e. The lowest BCUT2D eigenvalue weighted by molar-refractivity contribution is -0.124. The fraction of sp³-hybridized carbons (Fsp3) is 0.318. The third kappa shape index (κ3) is 3.97. The first-order valence-corrected chi connectivity index (χ1v) is 9.31. The Hall–Kier alpha value is -3.27. The van der Waals surface area contributed by atoms with Crippen LogP contribution >= 0.6 is 0 Å². The molecule has 0 aromatic carbocycles. The zero-order chi connectivity index (χ0) is 21.3. The van der Waals surface area contributed by atoms with E-state index in [0.717, 1.165) is 11.1 Å². The van der Waals surface area contributed by atoms with Crippen LogP contribution < -0.4 is 10.6 Å². The average Bonchev–Trinajstić information content (AvgIpc) is 2.67. The number of allylic oxidation sites excluding steroid dienone is 2. The summed E-state index contributed by atoms with van der Waals surface area (Å²) in [4.78, 5) is 29.2. The molecule has 7 heteroatoms. The normalized spacial score (nSPS) is 19.8. The summed E-state index contributed by atoms with van der Waals surface area (Å²) in [6.45, 7) is 7.08. The molecule has 0 spiro atoms. The van der Waals surface area contributed by atoms with Gasteiger partial charge in [-0.3, -0.25) is 9.59 Å². The third-order valence-electron chi connectivity index (χ3n) is 5.37. The Labute approximate surface area is 169 Å². The van der Waals surface area contributed by atoms with Gasteiger partial charge in [-0.05, 0) is 67.7 Å². The van der Waals surface area contributed by atoms with Crippen molar-refractivity contribution in [3.63, 3.8) is 0 Å². The molecular formula is C22H22FN4O2. The van der Waals surface area contributed by atoms with Crippen molar-refractivity contribution in [1.82, 2.24) is 15.6 Å². The number of hydrogen-bond donors (Lipinski definition) is 2. The summed E-state index contributed by atoms with van der Waals surface area (Å²) < 4.78 is 14.0. The first-order valence-electron chi connectivity index (χ1n) is 9.31. The second kappa shape index (κ2) is 8.00. The molecular weight excluding hydrogens is 371 g/mol. The van der Waals surface area contributed by atoms with E-state index in [4.69, 9.17) is 5.26 Å². The van der Waals surface area contributed by atoms with Crippen LogP contribution in [0, 0.1) is 24.7 Å². The van der Waals surface area contributed by atoms with E-state index in [9.17, 15) is 14.0 Å². The molecule has 1 aliphatic carbocycles. The highest BCUT2D eigenvalue weighted by molar-refractivity contribution is 6.02. The second-order valence-electron chi connectivity index (χ2n) is 7.30. The minimum atomic E-state index is -0.375. The number of carbonyl (C=O) groups excluding carboxylic acids is 2. The fourth-order valence-electron chi connectivity index (χ4n) is 3.78. The van der Waals surface area contributed by atoms with Crippen molar-refractivity contribution in [3.05, 3.63) is 69.7 Å². The Morgan fingerprint density at radius 1 is 1.38 bits per heavy atom. The van der Waals surface area contributed by atoms with Crippen LogP contribution in [0.5, 0.6) is 0 Å². The van der Waals surface area contributed by atoms with Gasteiger partial charge in [0.2, 0.25) is 11.8 Å². The van der Waals surface area contributed by atoms with Gasteiger partial charge < -0.3 is 10.6 Å². The third-order valence-corrected chi connectivity index (χ3v) is 5.37. The van der Waals surface area contributed by atoms with E-state index in [2.05, 4.69) is 15.6 Å². The summed E-state index contributed by atoms with van der Waals surface area (Å²) in [5, 5.41) is 14.6. The zero-order valence-electron chi connectivity index (χ0n) is 16.8. The van der Waals surface area contributed by atoms with Crippen molar-refractivity contribution in [3.8, 4) is 6.07 Å². The van der Waals surface area contributed by atoms with Crippen molar-refractivity contribution < 1.29 is 14.0 Å². The fourth-order valence-corrected chi connectivity index (χ4v) is 3.78. The number of amides is 2. The summed E-state index contributed by atoms with van der Waals surface area (Å²) in [7, 11) is 0. The maximum Gasteiger partial charge on any atom is 0.248 e. The van der Waals surface area contributed by atoms with Crippen LogP contribution in [0.25, 0.3) is 0 Å². The number of pyridine rings is 1. The van der Waals surface area contributed by atoms with Crippen LogP contribution in [0.4, 0.5) is 4.39 Å². The van der Waals surface area contributed by atoms with Crippen molar-refractivity contribution in [2.75, 3.05) is 0 Å². The van der Waals surface area contributed by atoms with Gasteiger partial charge in [0.15, 0.2) is 0 Å². The van der Waals surface area contributed by atoms with E-state index in [1.807, 2.05) is 19.9 Å². The van der Waals surface area contributed by atoms with Gasteiger partial charge in [-0.25, -0.2) is 9.37 Å². The minimum absolute atomic E-state index is 0.112. The van der Waals surface area contributed by atoms with Crippen LogP contribution in [0.15, 0.2) is 46.5 Å². The van der Waals surface area contributed by atoms with Gasteiger partial charge in [-0.15, -0.1) is 0 Å². The molecule has 2 aliphatic rings. The number of halogens is 1. The molecule has 3 rings (SSSR count). The number of rotatable bonds is 4. The van der Waals surface area contributed by atoms with E-state index in [1.54, 1.807) is 32.5 Å². The van der Waals surface area contributed by atoms with Gasteiger partial charge in [-0.1, -0.05) is 0 Å². The molecule has 2 amide bonds. The second-order valence-corrected chi connectivity index (χ2v) is 7.30. The number of aromatic nitrogens is 1. The number of nitriles is 1. The molecule has 1 aromatic heterocycles. The van der Waals surface area contributed by atoms with Crippen LogP contribution in [-0.2, 0) is 9.59 Å². The quantitative estimate of drug-likeness (QED) is 0.822. The standard InChI is InChI=1S/C22H22FN4O2/c1-11-7-15(9-24)25-10-17(11)14(4)26-20(28)8-16-12(2)21-13(3)18(23)5-6-19(21)27-22(16)29/h5-7,10,14,19H,8H2,1-4H3,(H,26,28)(H,27,29)/t14-,19?/m0/s1. The van der Waals surface area contributed by atoms with E-state index < -0.39 is 0 Å². The van der Waals surface area contributed by atoms with E-state index in [-0.39, 0.29) is 36.1 Å². The average molecular weight is 393 g/mol. The number of carbonyl (C=O) groups is 2. The number of nitrogens with zero attached hydrogens (tertiary/aromatic N) is 2. The Bertz CT molecular complexity index is 1030. The molecule has 149 valence electrons. The highest BCUT2D eigenvalue weighted by Crippen LogP contribution is 2.35. The molecule has 6 nitrogen and oxygen atoms in total. The van der Waals surface area contributed by atoms with Gasteiger partial charge in [0, 0.05) is 18.2 Å². The molecule has 2 heterocycles. The van der Waals surface area contributed by atoms with Crippen LogP contribution in [0.2, 0.25) is 0 Å². The molecule has 1 unspecified atom stereocenters. The predicted octanol–water partition coefficient (Wildman–Crippen LogP) is 3.03. The number of aryl methyl sites for hydroxylation is 1. The van der Waals surface area contributed by atoms with Crippen molar-refractivity contribution >= 4 is 11.8 Å². The summed E-state index contributed by atoms with van der Waals surface area (Å²) in [6, 6.07) is 2.93. The van der Waals surface area contributed by atoms with E-state index >= 15 is 0 Å². The summed E-state index contributed by atoms with van der Waals surface area (Å²) in [5.74, 6) is -0.985. The number of nitrogens with one attached hydrogen (secondary N) is 2. The van der Waals surface area contributed by atoms with E-state index in [0.29, 0.717) is 28.0 Å². The predicted molar refractivity (Wildman–Crippen MR) is 106 cm³/mol. The van der Waals surface area contributed by atoms with Crippen molar-refractivity contribution in [2.24, 2.45) is 0 Å². The first-order chi connectivity index (χ1) is 13.7. The Kier molecular flexibility index (Phi) is 5.64. The van der Waals surface area contributed by atoms with Crippen LogP contribution in [-0.4, -0.2) is 22.8 Å². The molecule has 1 aliphatic heterocycles. The summed E-state index contributed by atoms with van der Waals surface area (Å²) >= 11 is 0. The molecule has 0 fully saturated rings. The molecule has 0 bridgehead atoms. The lowest BCUT2D eigenvalue weighted by atomic mass is 9.82. The van der Waals surface area contributed by atoms with Crippen molar-refractivity contribution in [2.45, 2.75) is 46.2 Å². The van der Waals surface area contributed by atoms with Crippen molar-refractivity contribution in [1.29, 1.82) is 5.26 Å². The van der Waals surface area contributed by atoms with Gasteiger partial charge in [-0.2, -0.15) is 5.26 Å². The highest BCUT2D eigenvalue weighted by atomic mass is 19.1. The monoisotopic (exact) mass is 393 g/mol. The molecule has 29 heavy (non-hydrogen) atoms. The molecule has 0 saturated carbocycles. The molecule has 1 radical (unpaired) electrons. The van der Waals surface area contributed by atoms with Gasteiger partial charge in [0.1, 0.15) is 17.6 Å². The number of fused-ring (bicyclic) bond motifs is 1. The lowest BCUT2D eigenvalue weighted by Crippen LogP contribution is -2.44. The molecule has 2 atom stereocenters. The SMILES string of the molecule is CC1=C(CC(=O)N[C@@H](C)c2cnc(C#N)cc2C)C(=O)NC2[CH]C=C(F)C(C)=C12. The first kappa shape index (κ1) is 20.5. The summed E-state index contributed by atoms with van der Waals surface area (Å²) in [5.41, 5.74) is 4.09. The Morgan fingerprint density at radius 3 is 2.76 bits per heavy atom. The number of hydrogen-bond acceptors (Lipinski definition) is 4. The maximum absolute atomic E-state index is 14.0. The maximum atomic E-state index is 14.0. The Balaban J connectivity index is 1.79. The topological polar surface area (TPSA) is 94.9 Å². The Morgan fingerprint density at radius 2 is 2.10 bits per heavy atom. The molecule has 1 aromatic rings. The summed E-state index contributed by atoms with van der Waals surface area (Å²) in [6.07, 6.45) is 4.42. The van der Waals surface area contributed by atoms with Gasteiger partial charge >= 0.3 is 0 Å². The highest BCUT2D eigenvalue weighted by Gasteiger charge is 2.33. The molecule has 2 N–H and O–H groups in total.